The average molecular weight is 214 g/mol. The third kappa shape index (κ3) is 1.47. The van der Waals surface area contributed by atoms with Gasteiger partial charge in [-0.25, -0.2) is 0 Å². The highest BCUT2D eigenvalue weighted by Crippen LogP contribution is 2.51. The van der Waals surface area contributed by atoms with Gasteiger partial charge in [0.1, 0.15) is 5.41 Å². The lowest BCUT2D eigenvalue weighted by molar-refractivity contribution is -0.232. The van der Waals surface area contributed by atoms with E-state index >= 15 is 0 Å². The molecule has 15 heavy (non-hydrogen) atoms. The topological polar surface area (TPSA) is 44.8 Å². The van der Waals surface area contributed by atoms with Crippen LogP contribution < -0.4 is 0 Å². The maximum atomic E-state index is 11.9. The first-order chi connectivity index (χ1) is 7.15. The molecule has 1 aliphatic carbocycles. The number of hydrogen-bond donors (Lipinski definition) is 0. The van der Waals surface area contributed by atoms with Gasteiger partial charge in [-0.1, -0.05) is 12.8 Å². The molecule has 2 rings (SSSR count). The fourth-order valence-electron chi connectivity index (χ4n) is 2.81. The molecule has 1 saturated heterocycles. The van der Waals surface area contributed by atoms with E-state index in [-0.39, 0.29) is 5.97 Å². The minimum Gasteiger partial charge on any atom is -0.468 e. The van der Waals surface area contributed by atoms with Crippen molar-refractivity contribution in [2.75, 3.05) is 20.3 Å². The molecule has 0 unspecified atom stereocenters. The van der Waals surface area contributed by atoms with E-state index in [1.165, 1.54) is 7.11 Å². The van der Waals surface area contributed by atoms with Crippen LogP contribution in [0.15, 0.2) is 0 Å². The SMILES string of the molecule is COC(=O)C1(C2(C)OCCO2)CCCC1. The summed E-state index contributed by atoms with van der Waals surface area (Å²) in [6.07, 6.45) is 3.68. The molecule has 0 radical (unpaired) electrons. The maximum absolute atomic E-state index is 11.9. The predicted octanol–water partition coefficient (Wildman–Crippen LogP) is 1.48. The molecular formula is C11H18O4. The van der Waals surface area contributed by atoms with Crippen molar-refractivity contribution in [2.24, 2.45) is 5.41 Å². The molecule has 86 valence electrons. The minimum absolute atomic E-state index is 0.190. The largest absolute Gasteiger partial charge is 0.468 e. The minimum atomic E-state index is -0.781. The summed E-state index contributed by atoms with van der Waals surface area (Å²) in [5, 5.41) is 0. The first-order valence-corrected chi connectivity index (χ1v) is 5.51. The Morgan fingerprint density at radius 3 is 2.20 bits per heavy atom. The van der Waals surface area contributed by atoms with E-state index in [0.717, 1.165) is 25.7 Å². The van der Waals surface area contributed by atoms with E-state index < -0.39 is 11.2 Å². The van der Waals surface area contributed by atoms with E-state index in [0.29, 0.717) is 13.2 Å². The summed E-state index contributed by atoms with van der Waals surface area (Å²) in [5.41, 5.74) is -0.585. The zero-order valence-corrected chi connectivity index (χ0v) is 9.38. The third-order valence-electron chi connectivity index (χ3n) is 3.74. The molecule has 1 saturated carbocycles. The van der Waals surface area contributed by atoms with Crippen molar-refractivity contribution in [1.82, 2.24) is 0 Å². The van der Waals surface area contributed by atoms with E-state index in [9.17, 15) is 4.79 Å². The molecule has 0 N–H and O–H groups in total. The number of hydrogen-bond acceptors (Lipinski definition) is 4. The van der Waals surface area contributed by atoms with Crippen molar-refractivity contribution < 1.29 is 19.0 Å². The highest BCUT2D eigenvalue weighted by atomic mass is 16.7. The van der Waals surface area contributed by atoms with Crippen LogP contribution >= 0.6 is 0 Å². The van der Waals surface area contributed by atoms with Crippen LogP contribution in [-0.2, 0) is 19.0 Å². The number of methoxy groups -OCH3 is 1. The molecule has 0 aromatic rings. The summed E-state index contributed by atoms with van der Waals surface area (Å²) in [6.45, 7) is 2.99. The second kappa shape index (κ2) is 3.76. The van der Waals surface area contributed by atoms with Gasteiger partial charge in [0, 0.05) is 0 Å². The van der Waals surface area contributed by atoms with Gasteiger partial charge in [0.15, 0.2) is 5.79 Å². The number of carbonyl (C=O) groups is 1. The first-order valence-electron chi connectivity index (χ1n) is 5.51. The molecule has 2 fully saturated rings. The van der Waals surface area contributed by atoms with Crippen LogP contribution in [0.4, 0.5) is 0 Å². The van der Waals surface area contributed by atoms with Crippen LogP contribution in [0, 0.1) is 5.41 Å². The molecule has 4 nitrogen and oxygen atoms in total. The lowest BCUT2D eigenvalue weighted by atomic mass is 9.78. The summed E-state index contributed by atoms with van der Waals surface area (Å²) >= 11 is 0. The van der Waals surface area contributed by atoms with Crippen molar-refractivity contribution in [3.8, 4) is 0 Å². The smallest absolute Gasteiger partial charge is 0.317 e. The Morgan fingerprint density at radius 1 is 1.20 bits per heavy atom. The number of carbonyl (C=O) groups excluding carboxylic acids is 1. The van der Waals surface area contributed by atoms with Gasteiger partial charge in [-0.15, -0.1) is 0 Å². The number of esters is 1. The van der Waals surface area contributed by atoms with Gasteiger partial charge in [-0.2, -0.15) is 0 Å². The highest BCUT2D eigenvalue weighted by Gasteiger charge is 2.59. The molecule has 0 aromatic heterocycles. The lowest BCUT2D eigenvalue weighted by Gasteiger charge is -2.39. The van der Waals surface area contributed by atoms with Crippen LogP contribution in [0.25, 0.3) is 0 Å². The maximum Gasteiger partial charge on any atom is 0.317 e. The molecule has 0 aromatic carbocycles. The van der Waals surface area contributed by atoms with Crippen LogP contribution in [0.5, 0.6) is 0 Å². The zero-order valence-electron chi connectivity index (χ0n) is 9.38. The van der Waals surface area contributed by atoms with Gasteiger partial charge in [0.2, 0.25) is 0 Å². The molecule has 0 atom stereocenters. The van der Waals surface area contributed by atoms with Crippen LogP contribution in [0.3, 0.4) is 0 Å². The Balaban J connectivity index is 2.29. The van der Waals surface area contributed by atoms with E-state index in [4.69, 9.17) is 14.2 Å². The Hall–Kier alpha value is -0.610. The van der Waals surface area contributed by atoms with Crippen molar-refractivity contribution in [2.45, 2.75) is 38.4 Å². The second-order valence-corrected chi connectivity index (χ2v) is 4.42. The normalized spacial score (nSPS) is 27.9. The molecule has 1 aliphatic heterocycles. The molecule has 0 amide bonds. The Bertz CT molecular complexity index is 249. The van der Waals surface area contributed by atoms with Crippen LogP contribution in [0.2, 0.25) is 0 Å². The van der Waals surface area contributed by atoms with Crippen LogP contribution in [0.1, 0.15) is 32.6 Å². The molecule has 4 heteroatoms. The second-order valence-electron chi connectivity index (χ2n) is 4.42. The highest BCUT2D eigenvalue weighted by molar-refractivity contribution is 5.78. The third-order valence-corrected chi connectivity index (χ3v) is 3.74. The summed E-state index contributed by atoms with van der Waals surface area (Å²) in [5.74, 6) is -0.972. The quantitative estimate of drug-likeness (QED) is 0.653. The summed E-state index contributed by atoms with van der Waals surface area (Å²) < 4.78 is 16.2. The van der Waals surface area contributed by atoms with Crippen molar-refractivity contribution in [3.05, 3.63) is 0 Å². The molecule has 0 spiro atoms. The van der Waals surface area contributed by atoms with Crippen LogP contribution in [-0.4, -0.2) is 32.1 Å². The fourth-order valence-corrected chi connectivity index (χ4v) is 2.81. The van der Waals surface area contributed by atoms with Gasteiger partial charge >= 0.3 is 5.97 Å². The van der Waals surface area contributed by atoms with Gasteiger partial charge < -0.3 is 14.2 Å². The predicted molar refractivity (Wildman–Crippen MR) is 53.2 cm³/mol. The summed E-state index contributed by atoms with van der Waals surface area (Å²) in [6, 6.07) is 0. The van der Waals surface area contributed by atoms with Gasteiger partial charge in [-0.05, 0) is 19.8 Å². The molecular weight excluding hydrogens is 196 g/mol. The summed E-state index contributed by atoms with van der Waals surface area (Å²) in [4.78, 5) is 11.9. The monoisotopic (exact) mass is 214 g/mol. The zero-order chi connectivity index (χ0) is 10.9. The average Bonchev–Trinajstić information content (AvgIpc) is 2.86. The van der Waals surface area contributed by atoms with Gasteiger partial charge in [-0.3, -0.25) is 4.79 Å². The van der Waals surface area contributed by atoms with Gasteiger partial charge in [0.05, 0.1) is 20.3 Å². The van der Waals surface area contributed by atoms with E-state index in [2.05, 4.69) is 0 Å². The molecule has 1 heterocycles. The Morgan fingerprint density at radius 2 is 1.73 bits per heavy atom. The molecule has 2 aliphatic rings. The number of rotatable bonds is 2. The Kier molecular flexibility index (Phi) is 2.73. The van der Waals surface area contributed by atoms with E-state index in [1.807, 2.05) is 6.92 Å². The fraction of sp³-hybridized carbons (Fsp3) is 0.909. The first kappa shape index (κ1) is 10.9. The van der Waals surface area contributed by atoms with E-state index in [1.54, 1.807) is 0 Å². The van der Waals surface area contributed by atoms with Crippen molar-refractivity contribution in [1.29, 1.82) is 0 Å². The number of ether oxygens (including phenoxy) is 3. The Labute approximate surface area is 89.9 Å². The lowest BCUT2D eigenvalue weighted by Crippen LogP contribution is -2.51. The summed E-state index contributed by atoms with van der Waals surface area (Å²) in [7, 11) is 1.43. The van der Waals surface area contributed by atoms with Crippen molar-refractivity contribution in [3.63, 3.8) is 0 Å². The van der Waals surface area contributed by atoms with Crippen molar-refractivity contribution >= 4 is 5.97 Å². The molecule has 0 bridgehead atoms. The van der Waals surface area contributed by atoms with Gasteiger partial charge in [0.25, 0.3) is 0 Å². The standard InChI is InChI=1S/C11H18O4/c1-10(14-7-8-15-10)11(9(12)13-2)5-3-4-6-11/h3-8H2,1-2H3.